The number of esters is 1. The van der Waals surface area contributed by atoms with Crippen LogP contribution in [0.25, 0.3) is 22.6 Å². The van der Waals surface area contributed by atoms with E-state index in [4.69, 9.17) is 9.15 Å². The molecule has 0 aliphatic carbocycles. The molecule has 0 fully saturated rings. The normalized spacial score (nSPS) is 11.7. The van der Waals surface area contributed by atoms with Crippen LogP contribution >= 0.6 is 0 Å². The van der Waals surface area contributed by atoms with Crippen LogP contribution in [0, 0.1) is 0 Å². The van der Waals surface area contributed by atoms with Crippen LogP contribution in [0.3, 0.4) is 0 Å². The summed E-state index contributed by atoms with van der Waals surface area (Å²) in [5.74, 6) is 0.103. The van der Waals surface area contributed by atoms with Gasteiger partial charge < -0.3 is 19.8 Å². The van der Waals surface area contributed by atoms with Gasteiger partial charge in [0.2, 0.25) is 5.89 Å². The van der Waals surface area contributed by atoms with Gasteiger partial charge in [-0.2, -0.15) is 0 Å². The van der Waals surface area contributed by atoms with Gasteiger partial charge in [-0.3, -0.25) is 9.59 Å². The van der Waals surface area contributed by atoms with Crippen LogP contribution in [0.5, 0.6) is 0 Å². The molecule has 3 aromatic carbocycles. The van der Waals surface area contributed by atoms with Crippen LogP contribution in [0.1, 0.15) is 49.0 Å². The molecule has 0 aliphatic rings. The quantitative estimate of drug-likeness (QED) is 0.232. The smallest absolute Gasteiger partial charge is 0.307 e. The summed E-state index contributed by atoms with van der Waals surface area (Å²) in [6.07, 6.45) is 3.11. The molecule has 0 saturated carbocycles. The Hall–Kier alpha value is -4.13. The highest BCUT2D eigenvalue weighted by molar-refractivity contribution is 5.94. The van der Waals surface area contributed by atoms with Crippen molar-refractivity contribution in [3.05, 3.63) is 83.9 Å². The number of nitrogens with one attached hydrogen (secondary N) is 2. The molecule has 4 rings (SSSR count). The first-order valence-corrected chi connectivity index (χ1v) is 12.8. The summed E-state index contributed by atoms with van der Waals surface area (Å²) in [6, 6.07) is 23.8. The van der Waals surface area contributed by atoms with Crippen molar-refractivity contribution >= 4 is 28.7 Å². The van der Waals surface area contributed by atoms with Crippen molar-refractivity contribution in [2.24, 2.45) is 0 Å². The van der Waals surface area contributed by atoms with E-state index in [2.05, 4.69) is 46.8 Å². The molecule has 37 heavy (non-hydrogen) atoms. The number of fused-ring (bicyclic) bond motifs is 1. The maximum absolute atomic E-state index is 12.3. The van der Waals surface area contributed by atoms with E-state index in [1.807, 2.05) is 36.4 Å². The van der Waals surface area contributed by atoms with Gasteiger partial charge in [0.05, 0.1) is 13.0 Å². The van der Waals surface area contributed by atoms with Crippen molar-refractivity contribution in [2.75, 3.05) is 18.5 Å². The maximum atomic E-state index is 12.3. The first kappa shape index (κ1) is 25.9. The third kappa shape index (κ3) is 7.19. The maximum Gasteiger partial charge on any atom is 0.307 e. The third-order valence-corrected chi connectivity index (χ3v) is 6.05. The molecule has 0 aliphatic heterocycles. The Morgan fingerprint density at radius 2 is 1.73 bits per heavy atom. The summed E-state index contributed by atoms with van der Waals surface area (Å²) in [4.78, 5) is 28.3. The number of hydrogen-bond acceptors (Lipinski definition) is 6. The Bertz CT molecular complexity index is 1280. The molecular weight excluding hydrogens is 466 g/mol. The zero-order valence-electron chi connectivity index (χ0n) is 21.3. The lowest BCUT2D eigenvalue weighted by Gasteiger charge is -2.20. The van der Waals surface area contributed by atoms with E-state index in [1.165, 1.54) is 5.56 Å². The molecular formula is C30H33N3O4. The summed E-state index contributed by atoms with van der Waals surface area (Å²) in [5.41, 5.74) is 5.34. The summed E-state index contributed by atoms with van der Waals surface area (Å²) in [6.45, 7) is 4.52. The Morgan fingerprint density at radius 3 is 2.43 bits per heavy atom. The van der Waals surface area contributed by atoms with Crippen molar-refractivity contribution in [3.8, 4) is 11.5 Å². The molecule has 4 aromatic rings. The number of amides is 1. The zero-order chi connectivity index (χ0) is 26.0. The molecule has 2 N–H and O–H groups in total. The van der Waals surface area contributed by atoms with E-state index >= 15 is 0 Å². The molecule has 0 spiro atoms. The van der Waals surface area contributed by atoms with E-state index in [1.54, 1.807) is 19.1 Å². The van der Waals surface area contributed by atoms with Gasteiger partial charge >= 0.3 is 5.97 Å². The second kappa shape index (κ2) is 12.7. The molecule has 7 nitrogen and oxygen atoms in total. The van der Waals surface area contributed by atoms with Gasteiger partial charge in [-0.25, -0.2) is 4.98 Å². The second-order valence-electron chi connectivity index (χ2n) is 8.91. The molecule has 1 amide bonds. The lowest BCUT2D eigenvalue weighted by atomic mass is 10.0. The number of para-hydroxylation sites is 2. The van der Waals surface area contributed by atoms with Crippen molar-refractivity contribution in [2.45, 2.75) is 45.6 Å². The van der Waals surface area contributed by atoms with E-state index in [0.717, 1.165) is 41.6 Å². The van der Waals surface area contributed by atoms with Gasteiger partial charge in [-0.1, -0.05) is 37.6 Å². The Balaban J connectivity index is 1.33. The average molecular weight is 500 g/mol. The highest BCUT2D eigenvalue weighted by atomic mass is 16.5. The SMILES string of the molecule is CCC[C@@H](Cc1ccc(-c2nc3ccccc3o2)cc1)Nc1ccc(C(=O)NCCC(=O)OCC)cc1. The molecule has 192 valence electrons. The van der Waals surface area contributed by atoms with Crippen LogP contribution in [0.15, 0.2) is 77.2 Å². The van der Waals surface area contributed by atoms with Crippen LogP contribution in [0.2, 0.25) is 0 Å². The number of ether oxygens (including phenoxy) is 1. The van der Waals surface area contributed by atoms with E-state index in [-0.39, 0.29) is 30.9 Å². The fourth-order valence-corrected chi connectivity index (χ4v) is 4.20. The number of carbonyl (C=O) groups excluding carboxylic acids is 2. The Labute approximate surface area is 217 Å². The topological polar surface area (TPSA) is 93.5 Å². The largest absolute Gasteiger partial charge is 0.466 e. The minimum Gasteiger partial charge on any atom is -0.466 e. The van der Waals surface area contributed by atoms with Gasteiger partial charge in [0, 0.05) is 29.4 Å². The number of oxazole rings is 1. The fraction of sp³-hybridized carbons (Fsp3) is 0.300. The lowest BCUT2D eigenvalue weighted by molar-refractivity contribution is -0.142. The Kier molecular flexibility index (Phi) is 8.92. The average Bonchev–Trinajstić information content (AvgIpc) is 3.34. The summed E-state index contributed by atoms with van der Waals surface area (Å²) < 4.78 is 10.8. The molecule has 1 atom stereocenters. The molecule has 0 saturated heterocycles. The van der Waals surface area contributed by atoms with Crippen molar-refractivity contribution in [3.63, 3.8) is 0 Å². The number of hydrogen-bond donors (Lipinski definition) is 2. The van der Waals surface area contributed by atoms with Crippen molar-refractivity contribution in [1.29, 1.82) is 0 Å². The summed E-state index contributed by atoms with van der Waals surface area (Å²) in [7, 11) is 0. The van der Waals surface area contributed by atoms with Crippen molar-refractivity contribution < 1.29 is 18.7 Å². The van der Waals surface area contributed by atoms with Crippen LogP contribution < -0.4 is 10.6 Å². The fourth-order valence-electron chi connectivity index (χ4n) is 4.20. The monoisotopic (exact) mass is 499 g/mol. The minimum absolute atomic E-state index is 0.160. The number of rotatable bonds is 12. The third-order valence-electron chi connectivity index (χ3n) is 6.05. The molecule has 1 heterocycles. The number of carbonyl (C=O) groups is 2. The molecule has 0 bridgehead atoms. The first-order chi connectivity index (χ1) is 18.1. The van der Waals surface area contributed by atoms with Crippen LogP contribution in [0.4, 0.5) is 5.69 Å². The number of benzene rings is 3. The van der Waals surface area contributed by atoms with Crippen LogP contribution in [-0.4, -0.2) is 36.1 Å². The predicted molar refractivity (Wildman–Crippen MR) is 145 cm³/mol. The summed E-state index contributed by atoms with van der Waals surface area (Å²) >= 11 is 0. The van der Waals surface area contributed by atoms with E-state index in [0.29, 0.717) is 18.1 Å². The molecule has 0 radical (unpaired) electrons. The highest BCUT2D eigenvalue weighted by Crippen LogP contribution is 2.25. The second-order valence-corrected chi connectivity index (χ2v) is 8.91. The number of aromatic nitrogens is 1. The zero-order valence-corrected chi connectivity index (χ0v) is 21.3. The van der Waals surface area contributed by atoms with Gasteiger partial charge in [0.25, 0.3) is 5.91 Å². The number of nitrogens with zero attached hydrogens (tertiary/aromatic N) is 1. The van der Waals surface area contributed by atoms with E-state index < -0.39 is 0 Å². The standard InChI is InChI=1S/C30H33N3O4/c1-3-7-25(32-24-16-14-22(15-17-24)29(35)31-19-18-28(34)36-4-2)20-21-10-12-23(13-11-21)30-33-26-8-5-6-9-27(26)37-30/h5-6,8-17,25,32H,3-4,7,18-20H2,1-2H3,(H,31,35)/t25-/m0/s1. The predicted octanol–water partition coefficient (Wildman–Crippen LogP) is 6.00. The number of anilines is 1. The first-order valence-electron chi connectivity index (χ1n) is 12.8. The van der Waals surface area contributed by atoms with Gasteiger partial charge in [-0.05, 0) is 73.9 Å². The molecule has 7 heteroatoms. The Morgan fingerprint density at radius 1 is 0.973 bits per heavy atom. The summed E-state index contributed by atoms with van der Waals surface area (Å²) in [5, 5.41) is 6.36. The molecule has 0 unspecified atom stereocenters. The molecule has 1 aromatic heterocycles. The van der Waals surface area contributed by atoms with Crippen LogP contribution in [-0.2, 0) is 16.0 Å². The lowest BCUT2D eigenvalue weighted by Crippen LogP contribution is -2.26. The van der Waals surface area contributed by atoms with Gasteiger partial charge in [-0.15, -0.1) is 0 Å². The minimum atomic E-state index is -0.315. The van der Waals surface area contributed by atoms with Crippen molar-refractivity contribution in [1.82, 2.24) is 10.3 Å². The van der Waals surface area contributed by atoms with E-state index in [9.17, 15) is 9.59 Å². The van der Waals surface area contributed by atoms with Gasteiger partial charge in [0.15, 0.2) is 5.58 Å². The van der Waals surface area contributed by atoms with Gasteiger partial charge in [0.1, 0.15) is 5.52 Å². The highest BCUT2D eigenvalue weighted by Gasteiger charge is 2.12.